The SMILES string of the molecule is OCc1ccc(N2CCCC2CO)nn1. The minimum atomic E-state index is -0.0866. The summed E-state index contributed by atoms with van der Waals surface area (Å²) in [5.41, 5.74) is 0.568. The zero-order chi connectivity index (χ0) is 10.7. The van der Waals surface area contributed by atoms with Crippen LogP contribution in [-0.4, -0.2) is 39.6 Å². The molecule has 0 bridgehead atoms. The summed E-state index contributed by atoms with van der Waals surface area (Å²) in [6, 6.07) is 3.76. The van der Waals surface area contributed by atoms with Gasteiger partial charge in [0.1, 0.15) is 0 Å². The van der Waals surface area contributed by atoms with Crippen molar-refractivity contribution in [1.29, 1.82) is 0 Å². The molecule has 0 radical (unpaired) electrons. The monoisotopic (exact) mass is 209 g/mol. The second-order valence-corrected chi connectivity index (χ2v) is 3.71. The Bertz CT molecular complexity index is 315. The van der Waals surface area contributed by atoms with E-state index in [1.165, 1.54) is 0 Å². The van der Waals surface area contributed by atoms with E-state index in [0.717, 1.165) is 25.2 Å². The van der Waals surface area contributed by atoms with Crippen LogP contribution in [0.25, 0.3) is 0 Å². The van der Waals surface area contributed by atoms with Gasteiger partial charge in [-0.3, -0.25) is 0 Å². The van der Waals surface area contributed by atoms with Crippen LogP contribution >= 0.6 is 0 Å². The lowest BCUT2D eigenvalue weighted by molar-refractivity contribution is 0.265. The summed E-state index contributed by atoms with van der Waals surface area (Å²) in [7, 11) is 0. The van der Waals surface area contributed by atoms with Crippen LogP contribution in [0.5, 0.6) is 0 Å². The van der Waals surface area contributed by atoms with Crippen LogP contribution in [0.2, 0.25) is 0 Å². The molecule has 0 aliphatic carbocycles. The van der Waals surface area contributed by atoms with Crippen LogP contribution in [0.3, 0.4) is 0 Å². The largest absolute Gasteiger partial charge is 0.394 e. The summed E-state index contributed by atoms with van der Waals surface area (Å²) in [6.07, 6.45) is 2.08. The summed E-state index contributed by atoms with van der Waals surface area (Å²) in [4.78, 5) is 2.06. The van der Waals surface area contributed by atoms with Gasteiger partial charge in [0.05, 0.1) is 24.9 Å². The third-order valence-electron chi connectivity index (χ3n) is 2.75. The fourth-order valence-electron chi connectivity index (χ4n) is 1.92. The third-order valence-corrected chi connectivity index (χ3v) is 2.75. The number of rotatable bonds is 3. The lowest BCUT2D eigenvalue weighted by atomic mass is 10.2. The Morgan fingerprint density at radius 3 is 2.80 bits per heavy atom. The molecule has 1 atom stereocenters. The van der Waals surface area contributed by atoms with Crippen molar-refractivity contribution in [3.05, 3.63) is 17.8 Å². The van der Waals surface area contributed by atoms with E-state index >= 15 is 0 Å². The van der Waals surface area contributed by atoms with Crippen molar-refractivity contribution < 1.29 is 10.2 Å². The molecule has 15 heavy (non-hydrogen) atoms. The summed E-state index contributed by atoms with van der Waals surface area (Å²) in [5.74, 6) is 0.781. The smallest absolute Gasteiger partial charge is 0.151 e. The standard InChI is InChI=1S/C10H15N3O2/c14-6-8-3-4-10(12-11-8)13-5-1-2-9(13)7-15/h3-4,9,14-15H,1-2,5-7H2. The summed E-state index contributed by atoms with van der Waals surface area (Å²) < 4.78 is 0. The topological polar surface area (TPSA) is 69.5 Å². The van der Waals surface area contributed by atoms with E-state index in [4.69, 9.17) is 10.2 Å². The van der Waals surface area contributed by atoms with Crippen molar-refractivity contribution in [2.75, 3.05) is 18.1 Å². The van der Waals surface area contributed by atoms with Gasteiger partial charge in [-0.2, -0.15) is 5.10 Å². The molecule has 1 fully saturated rings. The maximum absolute atomic E-state index is 9.17. The maximum Gasteiger partial charge on any atom is 0.151 e. The lowest BCUT2D eigenvalue weighted by Gasteiger charge is -2.23. The maximum atomic E-state index is 9.17. The number of aliphatic hydroxyl groups is 2. The van der Waals surface area contributed by atoms with Gasteiger partial charge in [-0.1, -0.05) is 0 Å². The highest BCUT2D eigenvalue weighted by atomic mass is 16.3. The third kappa shape index (κ3) is 2.08. The fourth-order valence-corrected chi connectivity index (χ4v) is 1.92. The molecule has 1 aliphatic heterocycles. The van der Waals surface area contributed by atoms with Gasteiger partial charge in [-0.25, -0.2) is 0 Å². The molecule has 1 saturated heterocycles. The Kier molecular flexibility index (Phi) is 3.13. The van der Waals surface area contributed by atoms with Gasteiger partial charge in [-0.15, -0.1) is 5.10 Å². The Balaban J connectivity index is 2.14. The lowest BCUT2D eigenvalue weighted by Crippen LogP contribution is -2.32. The van der Waals surface area contributed by atoms with E-state index in [2.05, 4.69) is 15.1 Å². The average Bonchev–Trinajstić information content (AvgIpc) is 2.77. The predicted molar refractivity (Wildman–Crippen MR) is 55.4 cm³/mol. The van der Waals surface area contributed by atoms with E-state index < -0.39 is 0 Å². The molecule has 1 aromatic rings. The van der Waals surface area contributed by atoms with Crippen molar-refractivity contribution in [3.8, 4) is 0 Å². The summed E-state index contributed by atoms with van der Waals surface area (Å²) in [5, 5.41) is 25.9. The number of anilines is 1. The molecule has 82 valence electrons. The van der Waals surface area contributed by atoms with Crippen molar-refractivity contribution >= 4 is 5.82 Å². The highest BCUT2D eigenvalue weighted by Crippen LogP contribution is 2.22. The Morgan fingerprint density at radius 1 is 1.33 bits per heavy atom. The summed E-state index contributed by atoms with van der Waals surface area (Å²) >= 11 is 0. The molecule has 5 heteroatoms. The number of hydrogen-bond donors (Lipinski definition) is 2. The Hall–Kier alpha value is -1.20. The van der Waals surface area contributed by atoms with Crippen LogP contribution in [0.15, 0.2) is 12.1 Å². The second kappa shape index (κ2) is 4.55. The molecule has 2 heterocycles. The molecule has 1 unspecified atom stereocenters. The molecular formula is C10H15N3O2. The van der Waals surface area contributed by atoms with Crippen molar-refractivity contribution in [2.24, 2.45) is 0 Å². The predicted octanol–water partition coefficient (Wildman–Crippen LogP) is -0.0700. The molecule has 2 N–H and O–H groups in total. The molecular weight excluding hydrogens is 194 g/mol. The molecule has 1 aliphatic rings. The molecule has 0 spiro atoms. The molecule has 0 amide bonds. The van der Waals surface area contributed by atoms with Gasteiger partial charge in [0.2, 0.25) is 0 Å². The van der Waals surface area contributed by atoms with E-state index in [9.17, 15) is 0 Å². The zero-order valence-corrected chi connectivity index (χ0v) is 8.50. The average molecular weight is 209 g/mol. The van der Waals surface area contributed by atoms with Gasteiger partial charge in [-0.05, 0) is 25.0 Å². The molecule has 2 rings (SSSR count). The number of nitrogens with zero attached hydrogens (tertiary/aromatic N) is 3. The molecule has 1 aromatic heterocycles. The van der Waals surface area contributed by atoms with Crippen LogP contribution in [-0.2, 0) is 6.61 Å². The summed E-state index contributed by atoms with van der Waals surface area (Å²) in [6.45, 7) is 0.985. The Labute approximate surface area is 88.4 Å². The van der Waals surface area contributed by atoms with E-state index in [1.807, 2.05) is 6.07 Å². The van der Waals surface area contributed by atoms with Gasteiger partial charge in [0.25, 0.3) is 0 Å². The first-order valence-electron chi connectivity index (χ1n) is 5.16. The van der Waals surface area contributed by atoms with Crippen LogP contribution in [0.4, 0.5) is 5.82 Å². The number of aromatic nitrogens is 2. The number of aliphatic hydroxyl groups excluding tert-OH is 2. The zero-order valence-electron chi connectivity index (χ0n) is 8.50. The first kappa shape index (κ1) is 10.3. The minimum absolute atomic E-state index is 0.0866. The molecule has 0 saturated carbocycles. The highest BCUT2D eigenvalue weighted by molar-refractivity contribution is 5.40. The normalized spacial score (nSPS) is 20.9. The van der Waals surface area contributed by atoms with Crippen LogP contribution in [0.1, 0.15) is 18.5 Å². The van der Waals surface area contributed by atoms with Crippen molar-refractivity contribution in [1.82, 2.24) is 10.2 Å². The molecule has 0 aromatic carbocycles. The van der Waals surface area contributed by atoms with Crippen LogP contribution in [0, 0.1) is 0 Å². The van der Waals surface area contributed by atoms with E-state index in [1.54, 1.807) is 6.07 Å². The van der Waals surface area contributed by atoms with E-state index in [0.29, 0.717) is 5.69 Å². The van der Waals surface area contributed by atoms with Crippen molar-refractivity contribution in [3.63, 3.8) is 0 Å². The highest BCUT2D eigenvalue weighted by Gasteiger charge is 2.24. The quantitative estimate of drug-likeness (QED) is 0.729. The van der Waals surface area contributed by atoms with Gasteiger partial charge in [0.15, 0.2) is 5.82 Å². The molecule has 5 nitrogen and oxygen atoms in total. The Morgan fingerprint density at radius 2 is 2.20 bits per heavy atom. The first-order chi connectivity index (χ1) is 7.35. The number of hydrogen-bond acceptors (Lipinski definition) is 5. The van der Waals surface area contributed by atoms with Crippen LogP contribution < -0.4 is 4.90 Å². The van der Waals surface area contributed by atoms with E-state index in [-0.39, 0.29) is 19.3 Å². The minimum Gasteiger partial charge on any atom is -0.394 e. The second-order valence-electron chi connectivity index (χ2n) is 3.71. The van der Waals surface area contributed by atoms with Gasteiger partial charge >= 0.3 is 0 Å². The van der Waals surface area contributed by atoms with Gasteiger partial charge in [0, 0.05) is 6.54 Å². The van der Waals surface area contributed by atoms with Crippen molar-refractivity contribution in [2.45, 2.75) is 25.5 Å². The first-order valence-corrected chi connectivity index (χ1v) is 5.16. The fraction of sp³-hybridized carbons (Fsp3) is 0.600. The van der Waals surface area contributed by atoms with Gasteiger partial charge < -0.3 is 15.1 Å².